The highest BCUT2D eigenvalue weighted by molar-refractivity contribution is 6.33. The van der Waals surface area contributed by atoms with Gasteiger partial charge in [-0.2, -0.15) is 0 Å². The van der Waals surface area contributed by atoms with Crippen LogP contribution in [0.1, 0.15) is 29.0 Å². The number of rotatable bonds is 4. The first-order chi connectivity index (χ1) is 11.0. The van der Waals surface area contributed by atoms with E-state index in [1.165, 1.54) is 6.20 Å². The standard InChI is InChI=1S/C16H20ClN5O/c1-21-7-4-19-14(21)8-11-2-5-22(6-3-11)16-13(17)9-12(10-20-16)15(18)23/h4,7,9-11H,2-3,5-6,8H2,1H3,(H2,18,23). The summed E-state index contributed by atoms with van der Waals surface area (Å²) in [5.74, 6) is 1.97. The normalized spacial score (nSPS) is 15.8. The van der Waals surface area contributed by atoms with Gasteiger partial charge in [0, 0.05) is 45.1 Å². The minimum absolute atomic E-state index is 0.336. The van der Waals surface area contributed by atoms with Gasteiger partial charge in [0.15, 0.2) is 0 Å². The topological polar surface area (TPSA) is 77.0 Å². The molecule has 1 fully saturated rings. The van der Waals surface area contributed by atoms with Crippen LogP contribution < -0.4 is 10.6 Å². The van der Waals surface area contributed by atoms with Gasteiger partial charge in [-0.1, -0.05) is 11.6 Å². The molecule has 1 aliphatic rings. The van der Waals surface area contributed by atoms with Gasteiger partial charge in [-0.15, -0.1) is 0 Å². The Morgan fingerprint density at radius 3 is 2.70 bits per heavy atom. The number of nitrogens with zero attached hydrogens (tertiary/aromatic N) is 4. The number of piperidine rings is 1. The Kier molecular flexibility index (Phi) is 4.52. The Bertz CT molecular complexity index is 706. The lowest BCUT2D eigenvalue weighted by Crippen LogP contribution is -2.35. The van der Waals surface area contributed by atoms with Crippen LogP contribution >= 0.6 is 11.6 Å². The number of pyridine rings is 1. The van der Waals surface area contributed by atoms with Crippen molar-refractivity contribution in [2.75, 3.05) is 18.0 Å². The maximum atomic E-state index is 11.2. The number of aryl methyl sites for hydroxylation is 1. The largest absolute Gasteiger partial charge is 0.366 e. The third-order valence-electron chi connectivity index (χ3n) is 4.41. The Labute approximate surface area is 140 Å². The van der Waals surface area contributed by atoms with E-state index in [1.54, 1.807) is 6.07 Å². The van der Waals surface area contributed by atoms with E-state index in [4.69, 9.17) is 17.3 Å². The molecular weight excluding hydrogens is 314 g/mol. The molecule has 0 unspecified atom stereocenters. The fourth-order valence-electron chi connectivity index (χ4n) is 3.00. The minimum atomic E-state index is -0.514. The molecular formula is C16H20ClN5O. The summed E-state index contributed by atoms with van der Waals surface area (Å²) in [5.41, 5.74) is 5.58. The van der Waals surface area contributed by atoms with Gasteiger partial charge in [-0.05, 0) is 24.8 Å². The molecule has 3 heterocycles. The molecule has 0 atom stereocenters. The highest BCUT2D eigenvalue weighted by atomic mass is 35.5. The van der Waals surface area contributed by atoms with E-state index in [1.807, 2.05) is 19.4 Å². The molecule has 2 N–H and O–H groups in total. The molecule has 0 aromatic carbocycles. The SMILES string of the molecule is Cn1ccnc1CC1CCN(c2ncc(C(N)=O)cc2Cl)CC1. The van der Waals surface area contributed by atoms with Crippen molar-refractivity contribution in [1.29, 1.82) is 0 Å². The van der Waals surface area contributed by atoms with E-state index in [0.29, 0.717) is 16.5 Å². The third kappa shape index (κ3) is 3.47. The van der Waals surface area contributed by atoms with Crippen molar-refractivity contribution in [1.82, 2.24) is 14.5 Å². The molecule has 2 aromatic heterocycles. The van der Waals surface area contributed by atoms with Gasteiger partial charge < -0.3 is 15.2 Å². The van der Waals surface area contributed by atoms with E-state index in [9.17, 15) is 4.79 Å². The van der Waals surface area contributed by atoms with Crippen LogP contribution in [-0.4, -0.2) is 33.5 Å². The van der Waals surface area contributed by atoms with Crippen LogP contribution in [0.5, 0.6) is 0 Å². The van der Waals surface area contributed by atoms with Gasteiger partial charge >= 0.3 is 0 Å². The zero-order valence-corrected chi connectivity index (χ0v) is 13.8. The van der Waals surface area contributed by atoms with Crippen molar-refractivity contribution in [3.63, 3.8) is 0 Å². The summed E-state index contributed by atoms with van der Waals surface area (Å²) in [6.45, 7) is 1.80. The van der Waals surface area contributed by atoms with E-state index < -0.39 is 5.91 Å². The molecule has 0 bridgehead atoms. The summed E-state index contributed by atoms with van der Waals surface area (Å²) in [5, 5.41) is 0.476. The number of hydrogen-bond acceptors (Lipinski definition) is 4. The number of nitrogens with two attached hydrogens (primary N) is 1. The second-order valence-corrected chi connectivity index (χ2v) is 6.39. The number of carbonyl (C=O) groups excluding carboxylic acids is 1. The van der Waals surface area contributed by atoms with Crippen LogP contribution in [-0.2, 0) is 13.5 Å². The van der Waals surface area contributed by atoms with Gasteiger partial charge in [-0.3, -0.25) is 4.79 Å². The lowest BCUT2D eigenvalue weighted by molar-refractivity contribution is 0.1000. The molecule has 7 heteroatoms. The Morgan fingerprint density at radius 2 is 2.13 bits per heavy atom. The van der Waals surface area contributed by atoms with Crippen molar-refractivity contribution >= 4 is 23.3 Å². The zero-order valence-electron chi connectivity index (χ0n) is 13.1. The molecule has 1 saturated heterocycles. The second-order valence-electron chi connectivity index (χ2n) is 5.98. The van der Waals surface area contributed by atoms with E-state index in [2.05, 4.69) is 19.4 Å². The molecule has 3 rings (SSSR count). The quantitative estimate of drug-likeness (QED) is 0.928. The van der Waals surface area contributed by atoms with Gasteiger partial charge in [0.2, 0.25) is 5.91 Å². The first kappa shape index (κ1) is 15.8. The second kappa shape index (κ2) is 6.58. The van der Waals surface area contributed by atoms with Crippen molar-refractivity contribution in [2.45, 2.75) is 19.3 Å². The number of aromatic nitrogens is 3. The number of primary amides is 1. The lowest BCUT2D eigenvalue weighted by Gasteiger charge is -2.33. The van der Waals surface area contributed by atoms with Gasteiger partial charge in [-0.25, -0.2) is 9.97 Å². The maximum Gasteiger partial charge on any atom is 0.250 e. The number of hydrogen-bond donors (Lipinski definition) is 1. The summed E-state index contributed by atoms with van der Waals surface area (Å²) in [6.07, 6.45) is 8.45. The van der Waals surface area contributed by atoms with Crippen molar-refractivity contribution < 1.29 is 4.79 Å². The van der Waals surface area contributed by atoms with E-state index in [-0.39, 0.29) is 0 Å². The number of amides is 1. The van der Waals surface area contributed by atoms with E-state index >= 15 is 0 Å². The van der Waals surface area contributed by atoms with Crippen LogP contribution in [0.3, 0.4) is 0 Å². The fourth-order valence-corrected chi connectivity index (χ4v) is 3.28. The molecule has 1 aliphatic heterocycles. The molecule has 23 heavy (non-hydrogen) atoms. The van der Waals surface area contributed by atoms with Crippen LogP contribution in [0.15, 0.2) is 24.7 Å². The van der Waals surface area contributed by atoms with Crippen LogP contribution in [0.4, 0.5) is 5.82 Å². The molecule has 6 nitrogen and oxygen atoms in total. The molecule has 2 aromatic rings. The first-order valence-electron chi connectivity index (χ1n) is 7.71. The predicted octanol–water partition coefficient (Wildman–Crippen LogP) is 2.03. The van der Waals surface area contributed by atoms with Gasteiger partial charge in [0.05, 0.1) is 10.6 Å². The Morgan fingerprint density at radius 1 is 1.39 bits per heavy atom. The van der Waals surface area contributed by atoms with Crippen LogP contribution in [0.2, 0.25) is 5.02 Å². The first-order valence-corrected chi connectivity index (χ1v) is 8.09. The Balaban J connectivity index is 1.63. The summed E-state index contributed by atoms with van der Waals surface area (Å²) in [6, 6.07) is 1.59. The van der Waals surface area contributed by atoms with E-state index in [0.717, 1.165) is 44.0 Å². The highest BCUT2D eigenvalue weighted by Gasteiger charge is 2.23. The number of anilines is 1. The highest BCUT2D eigenvalue weighted by Crippen LogP contribution is 2.29. The molecule has 0 aliphatic carbocycles. The van der Waals surface area contributed by atoms with Gasteiger partial charge in [0.1, 0.15) is 11.6 Å². The van der Waals surface area contributed by atoms with Crippen LogP contribution in [0.25, 0.3) is 0 Å². The maximum absolute atomic E-state index is 11.2. The smallest absolute Gasteiger partial charge is 0.250 e. The molecule has 1 amide bonds. The number of halogens is 1. The molecule has 0 radical (unpaired) electrons. The summed E-state index contributed by atoms with van der Waals surface area (Å²) in [7, 11) is 2.03. The van der Waals surface area contributed by atoms with Gasteiger partial charge in [0.25, 0.3) is 0 Å². The fraction of sp³-hybridized carbons (Fsp3) is 0.438. The van der Waals surface area contributed by atoms with Crippen molar-refractivity contribution in [3.05, 3.63) is 41.1 Å². The number of carbonyl (C=O) groups is 1. The average Bonchev–Trinajstić information content (AvgIpc) is 2.93. The molecule has 122 valence electrons. The van der Waals surface area contributed by atoms with Crippen molar-refractivity contribution in [3.8, 4) is 0 Å². The predicted molar refractivity (Wildman–Crippen MR) is 89.6 cm³/mol. The number of imidazole rings is 1. The minimum Gasteiger partial charge on any atom is -0.366 e. The summed E-state index contributed by atoms with van der Waals surface area (Å²) < 4.78 is 2.08. The molecule has 0 saturated carbocycles. The average molecular weight is 334 g/mol. The van der Waals surface area contributed by atoms with Crippen molar-refractivity contribution in [2.24, 2.45) is 18.7 Å². The summed E-state index contributed by atoms with van der Waals surface area (Å²) >= 11 is 6.25. The monoisotopic (exact) mass is 333 g/mol. The third-order valence-corrected chi connectivity index (χ3v) is 4.69. The molecule has 0 spiro atoms. The zero-order chi connectivity index (χ0) is 16.4. The summed E-state index contributed by atoms with van der Waals surface area (Å²) in [4.78, 5) is 22.0. The van der Waals surface area contributed by atoms with Crippen LogP contribution in [0, 0.1) is 5.92 Å². The Hall–Kier alpha value is -2.08. The lowest BCUT2D eigenvalue weighted by atomic mass is 9.93.